The third-order valence-electron chi connectivity index (χ3n) is 7.09. The predicted octanol–water partition coefficient (Wildman–Crippen LogP) is 5.35. The average Bonchev–Trinajstić information content (AvgIpc) is 2.90. The van der Waals surface area contributed by atoms with Crippen LogP contribution in [-0.2, 0) is 16.0 Å². The number of esters is 1. The Labute approximate surface area is 162 Å². The number of phenolic OH excluding ortho intramolecular Hbond substituents is 1. The number of fused-ring (bicyclic) bond motifs is 5. The molecule has 26 heavy (non-hydrogen) atoms. The van der Waals surface area contributed by atoms with Crippen molar-refractivity contribution in [3.63, 3.8) is 0 Å². The van der Waals surface area contributed by atoms with Crippen LogP contribution < -0.4 is 0 Å². The maximum Gasteiger partial charge on any atom is 0.306 e. The number of benzene rings is 1. The third kappa shape index (κ3) is 2.93. The van der Waals surface area contributed by atoms with E-state index in [0.29, 0.717) is 19.3 Å². The largest absolute Gasteiger partial charge is 0.508 e. The van der Waals surface area contributed by atoms with Crippen LogP contribution >= 0.6 is 0 Å². The Morgan fingerprint density at radius 2 is 2.31 bits per heavy atom. The van der Waals surface area contributed by atoms with Crippen molar-refractivity contribution in [3.05, 3.63) is 29.3 Å². The third-order valence-corrected chi connectivity index (χ3v) is 7.09. The van der Waals surface area contributed by atoms with E-state index < -0.39 is 17.9 Å². The first kappa shape index (κ1) is 13.6. The number of carbonyl (C=O) groups is 1. The van der Waals surface area contributed by atoms with Crippen molar-refractivity contribution in [2.75, 3.05) is 0 Å². The van der Waals surface area contributed by atoms with Crippen molar-refractivity contribution in [2.24, 2.45) is 17.3 Å². The second-order valence-electron chi connectivity index (χ2n) is 8.54. The summed E-state index contributed by atoms with van der Waals surface area (Å²) in [5.41, 5.74) is 1.44. The number of rotatable bonds is 4. The fourth-order valence-electron chi connectivity index (χ4n) is 5.62. The number of hydrogen-bond acceptors (Lipinski definition) is 3. The van der Waals surface area contributed by atoms with Gasteiger partial charge in [0.1, 0.15) is 11.9 Å². The van der Waals surface area contributed by atoms with E-state index in [9.17, 15) is 9.90 Å². The summed E-state index contributed by atoms with van der Waals surface area (Å²) in [5.74, 6) is -0.0264. The van der Waals surface area contributed by atoms with Gasteiger partial charge in [0.05, 0.1) is 2.74 Å². The van der Waals surface area contributed by atoms with Crippen molar-refractivity contribution in [3.8, 4) is 5.75 Å². The van der Waals surface area contributed by atoms with Crippen LogP contribution in [0.3, 0.4) is 0 Å². The van der Waals surface area contributed by atoms with Gasteiger partial charge in [0.2, 0.25) is 0 Å². The standard InChI is InChI=1S/C23H32O3/c1-3-4-5-22(25)26-21-11-10-20-19-8-6-15-14-16(24)7-9-17(15)18(19)12-13-23(20,21)2/h7,9,14,18-21,24H,3-6,8,10-13H2,1-2H3/t18-,19-,20+,21+,23+/m1/s1/i7D,11D2,14D. The zero-order valence-electron chi connectivity index (χ0n) is 19.8. The summed E-state index contributed by atoms with van der Waals surface area (Å²) in [7, 11) is 0. The molecular weight excluding hydrogens is 324 g/mol. The highest BCUT2D eigenvalue weighted by molar-refractivity contribution is 5.69. The van der Waals surface area contributed by atoms with Crippen molar-refractivity contribution in [1.82, 2.24) is 0 Å². The molecule has 3 nitrogen and oxygen atoms in total. The first-order chi connectivity index (χ1) is 14.1. The zero-order chi connectivity index (χ0) is 21.8. The van der Waals surface area contributed by atoms with Gasteiger partial charge in [-0.25, -0.2) is 0 Å². The molecule has 0 aliphatic heterocycles. The van der Waals surface area contributed by atoms with Crippen LogP contribution in [0.2, 0.25) is 0 Å². The zero-order valence-corrected chi connectivity index (χ0v) is 15.8. The van der Waals surface area contributed by atoms with Crippen LogP contribution in [0.1, 0.15) is 87.7 Å². The fraction of sp³-hybridized carbons (Fsp3) is 0.696. The van der Waals surface area contributed by atoms with Gasteiger partial charge in [0, 0.05) is 14.6 Å². The molecule has 0 bridgehead atoms. The van der Waals surface area contributed by atoms with Gasteiger partial charge in [0.15, 0.2) is 0 Å². The summed E-state index contributed by atoms with van der Waals surface area (Å²) < 4.78 is 39.4. The van der Waals surface area contributed by atoms with Crippen LogP contribution in [0, 0.1) is 17.3 Å². The molecular formula is C23H32O3. The second kappa shape index (κ2) is 6.90. The Bertz CT molecular complexity index is 855. The number of carbonyl (C=O) groups excluding carboxylic acids is 1. The van der Waals surface area contributed by atoms with E-state index in [1.807, 2.05) is 6.92 Å². The minimum absolute atomic E-state index is 0.00258. The molecule has 1 N–H and O–H groups in total. The molecule has 0 aromatic heterocycles. The van der Waals surface area contributed by atoms with E-state index in [2.05, 4.69) is 6.92 Å². The average molecular weight is 361 g/mol. The lowest BCUT2D eigenvalue weighted by Crippen LogP contribution is -2.45. The summed E-state index contributed by atoms with van der Waals surface area (Å²) in [5, 5.41) is 10.0. The molecule has 1 aromatic carbocycles. The maximum atomic E-state index is 12.4. The van der Waals surface area contributed by atoms with E-state index in [1.165, 1.54) is 0 Å². The van der Waals surface area contributed by atoms with E-state index in [4.69, 9.17) is 10.2 Å². The SMILES string of the molecule is [2H]c1cc2c(c([2H])c1O)CC[C@@H]1[C@@H]2CC[C@@]2(C)[C@H]1CC([2H])([2H])[C@@H]2OC(=O)CCCC. The Kier molecular flexibility index (Phi) is 3.62. The molecule has 3 aliphatic rings. The lowest BCUT2D eigenvalue weighted by Gasteiger charge is -2.50. The van der Waals surface area contributed by atoms with E-state index in [1.54, 1.807) is 6.07 Å². The summed E-state index contributed by atoms with van der Waals surface area (Å²) in [4.78, 5) is 12.4. The normalized spacial score (nSPS) is 39.5. The Morgan fingerprint density at radius 3 is 3.12 bits per heavy atom. The summed E-state index contributed by atoms with van der Waals surface area (Å²) >= 11 is 0. The quantitative estimate of drug-likeness (QED) is 0.736. The number of hydrogen-bond donors (Lipinski definition) is 1. The van der Waals surface area contributed by atoms with E-state index in [-0.39, 0.29) is 41.6 Å². The minimum Gasteiger partial charge on any atom is -0.508 e. The van der Waals surface area contributed by atoms with Crippen molar-refractivity contribution >= 4 is 5.97 Å². The molecule has 5 atom stereocenters. The summed E-state index contributed by atoms with van der Waals surface area (Å²) in [6.45, 7) is 4.11. The lowest BCUT2D eigenvalue weighted by atomic mass is 9.55. The molecule has 0 amide bonds. The maximum absolute atomic E-state index is 12.4. The van der Waals surface area contributed by atoms with Crippen LogP contribution in [0.4, 0.5) is 0 Å². The molecule has 0 heterocycles. The molecule has 2 fully saturated rings. The topological polar surface area (TPSA) is 46.5 Å². The fourth-order valence-corrected chi connectivity index (χ4v) is 5.62. The molecule has 142 valence electrons. The summed E-state index contributed by atoms with van der Waals surface area (Å²) in [6.07, 6.45) is 3.20. The second-order valence-corrected chi connectivity index (χ2v) is 8.54. The van der Waals surface area contributed by atoms with E-state index >= 15 is 0 Å². The van der Waals surface area contributed by atoms with Gasteiger partial charge in [0.25, 0.3) is 0 Å². The van der Waals surface area contributed by atoms with Crippen molar-refractivity contribution in [2.45, 2.75) is 83.6 Å². The first-order valence-corrected chi connectivity index (χ1v) is 10.1. The van der Waals surface area contributed by atoms with Crippen LogP contribution in [-0.4, -0.2) is 17.2 Å². The molecule has 3 heteroatoms. The Morgan fingerprint density at radius 1 is 1.46 bits per heavy atom. The van der Waals surface area contributed by atoms with Crippen LogP contribution in [0.25, 0.3) is 0 Å². The molecule has 0 radical (unpaired) electrons. The lowest BCUT2D eigenvalue weighted by molar-refractivity contribution is -0.157. The van der Waals surface area contributed by atoms with E-state index in [0.717, 1.165) is 43.2 Å². The number of unbranched alkanes of at least 4 members (excludes halogenated alkanes) is 1. The minimum atomic E-state index is -1.55. The number of ether oxygens (including phenoxy) is 1. The molecule has 1 aromatic rings. The molecule has 3 aliphatic carbocycles. The van der Waals surface area contributed by atoms with Crippen molar-refractivity contribution in [1.29, 1.82) is 0 Å². The Balaban J connectivity index is 1.64. The van der Waals surface area contributed by atoms with Gasteiger partial charge in [-0.2, -0.15) is 0 Å². The van der Waals surface area contributed by atoms with Gasteiger partial charge in [-0.3, -0.25) is 4.79 Å². The highest BCUT2D eigenvalue weighted by atomic mass is 16.5. The van der Waals surface area contributed by atoms with Gasteiger partial charge < -0.3 is 9.84 Å². The summed E-state index contributed by atoms with van der Waals surface area (Å²) in [6, 6.07) is 1.79. The molecule has 2 saturated carbocycles. The number of aromatic hydroxyl groups is 1. The first-order valence-electron chi connectivity index (χ1n) is 12.1. The molecule has 0 saturated heterocycles. The van der Waals surface area contributed by atoms with Gasteiger partial charge in [-0.05, 0) is 85.9 Å². The molecule has 0 unspecified atom stereocenters. The monoisotopic (exact) mass is 360 g/mol. The predicted molar refractivity (Wildman–Crippen MR) is 102 cm³/mol. The van der Waals surface area contributed by atoms with Crippen LogP contribution in [0.5, 0.6) is 5.75 Å². The molecule has 4 rings (SSSR count). The van der Waals surface area contributed by atoms with Crippen LogP contribution in [0.15, 0.2) is 18.2 Å². The van der Waals surface area contributed by atoms with Gasteiger partial charge in [-0.1, -0.05) is 26.3 Å². The van der Waals surface area contributed by atoms with Crippen molar-refractivity contribution < 1.29 is 20.1 Å². The Hall–Kier alpha value is -1.51. The number of phenols is 1. The van der Waals surface area contributed by atoms with Gasteiger partial charge >= 0.3 is 5.97 Å². The molecule has 0 spiro atoms. The highest BCUT2D eigenvalue weighted by Gasteiger charge is 2.56. The highest BCUT2D eigenvalue weighted by Crippen LogP contribution is 2.61. The smallest absolute Gasteiger partial charge is 0.306 e. The van der Waals surface area contributed by atoms with Gasteiger partial charge in [-0.15, -0.1) is 0 Å².